The van der Waals surface area contributed by atoms with Crippen LogP contribution in [0.2, 0.25) is 0 Å². The molecule has 5 heteroatoms. The topological polar surface area (TPSA) is 45.7 Å². The lowest BCUT2D eigenvalue weighted by atomic mass is 10.2. The Labute approximate surface area is 135 Å². The highest BCUT2D eigenvalue weighted by atomic mass is 79.9. The van der Waals surface area contributed by atoms with Gasteiger partial charge in [-0.1, -0.05) is 28.1 Å². The minimum Gasteiger partial charge on any atom is -0.381 e. The molecule has 1 fully saturated rings. The molecule has 116 valence electrons. The van der Waals surface area contributed by atoms with Gasteiger partial charge in [-0.15, -0.1) is 0 Å². The molecule has 0 radical (unpaired) electrons. The van der Waals surface area contributed by atoms with Crippen LogP contribution in [0.4, 0.5) is 0 Å². The molecule has 0 heterocycles. The van der Waals surface area contributed by atoms with Crippen LogP contribution in [-0.4, -0.2) is 32.8 Å². The van der Waals surface area contributed by atoms with E-state index in [9.17, 15) is 0 Å². The van der Waals surface area contributed by atoms with Crippen molar-refractivity contribution >= 4 is 21.9 Å². The lowest BCUT2D eigenvalue weighted by Crippen LogP contribution is -2.37. The Morgan fingerprint density at radius 2 is 2.05 bits per heavy atom. The first-order chi connectivity index (χ1) is 10.3. The Balaban J connectivity index is 1.55. The van der Waals surface area contributed by atoms with Crippen molar-refractivity contribution in [2.75, 3.05) is 26.8 Å². The number of benzene rings is 1. The molecule has 1 aliphatic carbocycles. The summed E-state index contributed by atoms with van der Waals surface area (Å²) in [6.07, 6.45) is 3.71. The molecule has 0 unspecified atom stereocenters. The molecule has 2 N–H and O–H groups in total. The normalized spacial score (nSPS) is 15.0. The molecular formula is C16H24BrN3O. The van der Waals surface area contributed by atoms with E-state index >= 15 is 0 Å². The lowest BCUT2D eigenvalue weighted by molar-refractivity contribution is 0.123. The molecule has 0 saturated heterocycles. The van der Waals surface area contributed by atoms with Crippen molar-refractivity contribution in [1.29, 1.82) is 0 Å². The van der Waals surface area contributed by atoms with Crippen LogP contribution in [0, 0.1) is 5.92 Å². The van der Waals surface area contributed by atoms with Gasteiger partial charge >= 0.3 is 0 Å². The van der Waals surface area contributed by atoms with E-state index in [2.05, 4.69) is 43.7 Å². The number of rotatable bonds is 8. The zero-order chi connectivity index (χ0) is 14.9. The van der Waals surface area contributed by atoms with Gasteiger partial charge in [0.05, 0.1) is 0 Å². The Hall–Kier alpha value is -1.07. The number of guanidine groups is 1. The van der Waals surface area contributed by atoms with Crippen molar-refractivity contribution in [2.24, 2.45) is 10.9 Å². The molecule has 0 atom stereocenters. The molecule has 2 rings (SSSR count). The Bertz CT molecular complexity index is 443. The summed E-state index contributed by atoms with van der Waals surface area (Å²) < 4.78 is 6.71. The quantitative estimate of drug-likeness (QED) is 0.429. The lowest BCUT2D eigenvalue weighted by Gasteiger charge is -2.12. The van der Waals surface area contributed by atoms with Gasteiger partial charge in [-0.3, -0.25) is 4.99 Å². The van der Waals surface area contributed by atoms with Crippen LogP contribution in [0.15, 0.2) is 33.7 Å². The van der Waals surface area contributed by atoms with Gasteiger partial charge in [0, 0.05) is 37.8 Å². The highest BCUT2D eigenvalue weighted by Gasteiger charge is 2.20. The zero-order valence-corrected chi connectivity index (χ0v) is 14.2. The van der Waals surface area contributed by atoms with Gasteiger partial charge in [-0.2, -0.15) is 0 Å². The summed E-state index contributed by atoms with van der Waals surface area (Å²) in [6, 6.07) is 8.28. The first-order valence-corrected chi connectivity index (χ1v) is 8.34. The maximum atomic E-state index is 5.61. The average Bonchev–Trinajstić information content (AvgIpc) is 3.31. The van der Waals surface area contributed by atoms with E-state index in [-0.39, 0.29) is 0 Å². The van der Waals surface area contributed by atoms with E-state index in [4.69, 9.17) is 4.74 Å². The molecule has 4 nitrogen and oxygen atoms in total. The molecule has 0 amide bonds. The number of aliphatic imine (C=N–C) groups is 1. The average molecular weight is 354 g/mol. The standard InChI is InChI=1S/C16H24BrN3O/c1-18-16(19-9-2-10-21-12-14-3-4-14)20-11-13-5-7-15(17)8-6-13/h5-8,14H,2-4,9-12H2,1H3,(H2,18,19,20). The van der Waals surface area contributed by atoms with E-state index in [0.29, 0.717) is 0 Å². The summed E-state index contributed by atoms with van der Waals surface area (Å²) in [5.41, 5.74) is 1.23. The first kappa shape index (κ1) is 16.3. The third kappa shape index (κ3) is 6.96. The van der Waals surface area contributed by atoms with Gasteiger partial charge in [-0.25, -0.2) is 0 Å². The molecule has 0 aromatic heterocycles. The molecule has 0 aliphatic heterocycles. The molecule has 1 aromatic rings. The van der Waals surface area contributed by atoms with Crippen molar-refractivity contribution in [3.05, 3.63) is 34.3 Å². The molecule has 21 heavy (non-hydrogen) atoms. The summed E-state index contributed by atoms with van der Waals surface area (Å²) in [7, 11) is 1.79. The maximum absolute atomic E-state index is 5.61. The number of ether oxygens (including phenoxy) is 1. The Morgan fingerprint density at radius 1 is 1.29 bits per heavy atom. The Morgan fingerprint density at radius 3 is 2.71 bits per heavy atom. The number of hydrogen-bond acceptors (Lipinski definition) is 2. The van der Waals surface area contributed by atoms with Crippen molar-refractivity contribution in [3.8, 4) is 0 Å². The molecule has 1 saturated carbocycles. The highest BCUT2D eigenvalue weighted by Crippen LogP contribution is 2.28. The van der Waals surface area contributed by atoms with Gasteiger partial charge in [0.15, 0.2) is 5.96 Å². The van der Waals surface area contributed by atoms with Crippen LogP contribution in [0.5, 0.6) is 0 Å². The van der Waals surface area contributed by atoms with Gasteiger partial charge in [-0.05, 0) is 42.9 Å². The molecule has 0 bridgehead atoms. The van der Waals surface area contributed by atoms with Gasteiger partial charge in [0.25, 0.3) is 0 Å². The van der Waals surface area contributed by atoms with Crippen LogP contribution in [0.25, 0.3) is 0 Å². The predicted molar refractivity (Wildman–Crippen MR) is 90.5 cm³/mol. The second kappa shape index (κ2) is 9.05. The second-order valence-corrected chi connectivity index (χ2v) is 6.27. The van der Waals surface area contributed by atoms with Crippen LogP contribution in [0.1, 0.15) is 24.8 Å². The first-order valence-electron chi connectivity index (χ1n) is 7.54. The fraction of sp³-hybridized carbons (Fsp3) is 0.562. The maximum Gasteiger partial charge on any atom is 0.191 e. The van der Waals surface area contributed by atoms with E-state index in [1.54, 1.807) is 7.05 Å². The highest BCUT2D eigenvalue weighted by molar-refractivity contribution is 9.10. The monoisotopic (exact) mass is 353 g/mol. The summed E-state index contributed by atoms with van der Waals surface area (Å²) in [5.74, 6) is 1.68. The summed E-state index contributed by atoms with van der Waals surface area (Å²) in [4.78, 5) is 4.22. The number of nitrogens with zero attached hydrogens (tertiary/aromatic N) is 1. The van der Waals surface area contributed by atoms with Crippen LogP contribution in [-0.2, 0) is 11.3 Å². The van der Waals surface area contributed by atoms with Crippen molar-refractivity contribution < 1.29 is 4.74 Å². The largest absolute Gasteiger partial charge is 0.381 e. The van der Waals surface area contributed by atoms with E-state index < -0.39 is 0 Å². The van der Waals surface area contributed by atoms with E-state index in [1.807, 2.05) is 12.1 Å². The second-order valence-electron chi connectivity index (χ2n) is 5.35. The summed E-state index contributed by atoms with van der Waals surface area (Å²) in [6.45, 7) is 3.42. The summed E-state index contributed by atoms with van der Waals surface area (Å²) >= 11 is 3.44. The predicted octanol–water partition coefficient (Wildman–Crippen LogP) is 2.93. The minimum atomic E-state index is 0.769. The van der Waals surface area contributed by atoms with E-state index in [0.717, 1.165) is 49.1 Å². The molecule has 1 aliphatic rings. The van der Waals surface area contributed by atoms with Crippen molar-refractivity contribution in [1.82, 2.24) is 10.6 Å². The zero-order valence-electron chi connectivity index (χ0n) is 12.6. The third-order valence-corrected chi connectivity index (χ3v) is 3.93. The van der Waals surface area contributed by atoms with Crippen LogP contribution in [0.3, 0.4) is 0 Å². The number of hydrogen-bond donors (Lipinski definition) is 2. The van der Waals surface area contributed by atoms with Crippen molar-refractivity contribution in [2.45, 2.75) is 25.8 Å². The van der Waals surface area contributed by atoms with Crippen LogP contribution >= 0.6 is 15.9 Å². The summed E-state index contributed by atoms with van der Waals surface area (Å²) in [5, 5.41) is 6.61. The van der Waals surface area contributed by atoms with E-state index in [1.165, 1.54) is 18.4 Å². The Kier molecular flexibility index (Phi) is 7.03. The SMILES string of the molecule is CN=C(NCCCOCC1CC1)NCc1ccc(Br)cc1. The fourth-order valence-corrected chi connectivity index (χ4v) is 2.19. The fourth-order valence-electron chi connectivity index (χ4n) is 1.92. The minimum absolute atomic E-state index is 0.769. The van der Waals surface area contributed by atoms with Gasteiger partial charge < -0.3 is 15.4 Å². The van der Waals surface area contributed by atoms with Crippen molar-refractivity contribution in [3.63, 3.8) is 0 Å². The molecule has 0 spiro atoms. The van der Waals surface area contributed by atoms with Gasteiger partial charge in [0.2, 0.25) is 0 Å². The molecular weight excluding hydrogens is 330 g/mol. The number of nitrogens with one attached hydrogen (secondary N) is 2. The third-order valence-electron chi connectivity index (χ3n) is 3.41. The smallest absolute Gasteiger partial charge is 0.191 e. The number of halogens is 1. The van der Waals surface area contributed by atoms with Crippen LogP contribution < -0.4 is 10.6 Å². The van der Waals surface area contributed by atoms with Gasteiger partial charge in [0.1, 0.15) is 0 Å². The molecule has 1 aromatic carbocycles.